The second-order valence-corrected chi connectivity index (χ2v) is 9.55. The summed E-state index contributed by atoms with van der Waals surface area (Å²) in [5.41, 5.74) is 3.68. The summed E-state index contributed by atoms with van der Waals surface area (Å²) in [6.45, 7) is 5.70. The van der Waals surface area contributed by atoms with Crippen LogP contribution in [-0.2, 0) is 10.0 Å². The number of halogens is 1. The predicted molar refractivity (Wildman–Crippen MR) is 126 cm³/mol. The molecule has 4 rings (SSSR count). The molecular weight excluding hydrogens is 457 g/mol. The molecule has 0 saturated carbocycles. The Bertz CT molecular complexity index is 1440. The maximum Gasteiger partial charge on any atom is 0.270 e. The van der Waals surface area contributed by atoms with E-state index in [-0.39, 0.29) is 16.3 Å². The average Bonchev–Trinajstić information content (AvgIpc) is 3.32. The largest absolute Gasteiger partial charge is 0.438 e. The Morgan fingerprint density at radius 3 is 2.29 bits per heavy atom. The Kier molecular flexibility index (Phi) is 6.21. The van der Waals surface area contributed by atoms with Crippen LogP contribution in [-0.4, -0.2) is 24.3 Å². The first-order chi connectivity index (χ1) is 16.1. The Morgan fingerprint density at radius 1 is 1.00 bits per heavy atom. The number of nitrogens with one attached hydrogen (secondary N) is 2. The molecule has 34 heavy (non-hydrogen) atoms. The van der Waals surface area contributed by atoms with E-state index in [1.165, 1.54) is 36.7 Å². The highest BCUT2D eigenvalue weighted by atomic mass is 32.2. The van der Waals surface area contributed by atoms with Gasteiger partial charge in [0.1, 0.15) is 22.0 Å². The zero-order valence-corrected chi connectivity index (χ0v) is 19.5. The molecular formula is C25H22FN3O4S. The van der Waals surface area contributed by atoms with Gasteiger partial charge in [-0.15, -0.1) is 0 Å². The van der Waals surface area contributed by atoms with E-state index in [0.29, 0.717) is 17.0 Å². The lowest BCUT2D eigenvalue weighted by Gasteiger charge is -2.16. The van der Waals surface area contributed by atoms with Crippen molar-refractivity contribution in [1.29, 1.82) is 0 Å². The van der Waals surface area contributed by atoms with Crippen LogP contribution >= 0.6 is 0 Å². The van der Waals surface area contributed by atoms with Crippen molar-refractivity contribution in [3.63, 3.8) is 0 Å². The molecule has 0 saturated heterocycles. The number of aryl methyl sites for hydroxylation is 3. The molecule has 9 heteroatoms. The van der Waals surface area contributed by atoms with Crippen LogP contribution in [0.1, 0.15) is 27.0 Å². The maximum absolute atomic E-state index is 13.4. The Labute approximate surface area is 196 Å². The Balaban J connectivity index is 1.78. The van der Waals surface area contributed by atoms with Crippen molar-refractivity contribution in [3.8, 4) is 22.9 Å². The zero-order chi connectivity index (χ0) is 24.5. The van der Waals surface area contributed by atoms with E-state index < -0.39 is 21.7 Å². The first kappa shape index (κ1) is 23.2. The number of hydrogen-bond donors (Lipinski definition) is 2. The Hall–Kier alpha value is -3.98. The third kappa shape index (κ3) is 4.84. The Morgan fingerprint density at radius 2 is 1.68 bits per heavy atom. The van der Waals surface area contributed by atoms with E-state index in [9.17, 15) is 17.6 Å². The normalized spacial score (nSPS) is 11.3. The summed E-state index contributed by atoms with van der Waals surface area (Å²) in [4.78, 5) is 20.1. The van der Waals surface area contributed by atoms with Crippen LogP contribution in [0.4, 0.5) is 4.39 Å². The second-order valence-electron chi connectivity index (χ2n) is 7.87. The number of H-pyrrole nitrogens is 1. The van der Waals surface area contributed by atoms with Crippen LogP contribution in [0.3, 0.4) is 0 Å². The third-order valence-corrected chi connectivity index (χ3v) is 6.48. The lowest BCUT2D eigenvalue weighted by molar-refractivity contribution is 0.0978. The van der Waals surface area contributed by atoms with Gasteiger partial charge in [0.25, 0.3) is 15.9 Å². The number of aromatic amines is 1. The van der Waals surface area contributed by atoms with E-state index in [2.05, 4.69) is 9.97 Å². The van der Waals surface area contributed by atoms with Crippen molar-refractivity contribution in [2.75, 3.05) is 0 Å². The van der Waals surface area contributed by atoms with Crippen molar-refractivity contribution < 1.29 is 22.3 Å². The molecule has 4 aromatic rings. The number of sulfonamides is 1. The van der Waals surface area contributed by atoms with Gasteiger partial charge >= 0.3 is 0 Å². The molecule has 2 aromatic heterocycles. The number of pyridine rings is 1. The van der Waals surface area contributed by atoms with Gasteiger partial charge in [-0.2, -0.15) is 0 Å². The first-order valence-corrected chi connectivity index (χ1v) is 11.8. The van der Waals surface area contributed by atoms with Crippen LogP contribution in [0.2, 0.25) is 0 Å². The molecule has 2 heterocycles. The number of carbonyl (C=O) groups excluding carboxylic acids is 1. The van der Waals surface area contributed by atoms with E-state index in [1.54, 1.807) is 18.2 Å². The summed E-state index contributed by atoms with van der Waals surface area (Å²) >= 11 is 0. The smallest absolute Gasteiger partial charge is 0.270 e. The summed E-state index contributed by atoms with van der Waals surface area (Å²) in [7, 11) is -4.10. The minimum Gasteiger partial charge on any atom is -0.438 e. The minimum absolute atomic E-state index is 0.0654. The van der Waals surface area contributed by atoms with Gasteiger partial charge in [-0.05, 0) is 74.4 Å². The fourth-order valence-electron chi connectivity index (χ4n) is 3.61. The number of rotatable bonds is 6. The van der Waals surface area contributed by atoms with Gasteiger partial charge in [0.05, 0.1) is 5.69 Å². The molecule has 2 N–H and O–H groups in total. The molecule has 174 valence electrons. The van der Waals surface area contributed by atoms with E-state index in [4.69, 9.17) is 4.74 Å². The van der Waals surface area contributed by atoms with E-state index in [1.807, 2.05) is 37.6 Å². The number of ether oxygens (including phenoxy) is 1. The molecule has 0 aliphatic heterocycles. The van der Waals surface area contributed by atoms with Gasteiger partial charge in [-0.3, -0.25) is 4.79 Å². The highest BCUT2D eigenvalue weighted by Crippen LogP contribution is 2.32. The van der Waals surface area contributed by atoms with E-state index in [0.717, 1.165) is 16.7 Å². The van der Waals surface area contributed by atoms with Crippen molar-refractivity contribution in [2.24, 2.45) is 0 Å². The van der Waals surface area contributed by atoms with Crippen LogP contribution in [0.15, 0.2) is 71.9 Å². The summed E-state index contributed by atoms with van der Waals surface area (Å²) in [5.74, 6) is -0.843. The number of amides is 1. The highest BCUT2D eigenvalue weighted by molar-refractivity contribution is 7.90. The molecule has 1 amide bonds. The van der Waals surface area contributed by atoms with E-state index >= 15 is 0 Å². The van der Waals surface area contributed by atoms with Crippen LogP contribution in [0.25, 0.3) is 11.3 Å². The molecule has 0 spiro atoms. The van der Waals surface area contributed by atoms with Crippen molar-refractivity contribution in [2.45, 2.75) is 25.7 Å². The number of carbonyl (C=O) groups is 1. The molecule has 0 aliphatic rings. The lowest BCUT2D eigenvalue weighted by Crippen LogP contribution is -2.30. The zero-order valence-electron chi connectivity index (χ0n) is 18.7. The maximum atomic E-state index is 13.4. The second kappa shape index (κ2) is 9.11. The summed E-state index contributed by atoms with van der Waals surface area (Å²) in [6.07, 6.45) is 2.71. The molecule has 0 unspecified atom stereocenters. The molecule has 0 aliphatic carbocycles. The average molecular weight is 480 g/mol. The molecule has 0 atom stereocenters. The van der Waals surface area contributed by atoms with Crippen molar-refractivity contribution in [3.05, 3.63) is 95.1 Å². The fraction of sp³-hybridized carbons (Fsp3) is 0.120. The van der Waals surface area contributed by atoms with Crippen LogP contribution in [0.5, 0.6) is 11.6 Å². The summed E-state index contributed by atoms with van der Waals surface area (Å²) < 4.78 is 46.6. The standard InChI is InChI=1S/C25H22FN3O4S/c1-15-12-16(2)23(17(3)13-15)33-25-21(24(30)29-34(31,32)20-10-11-27-14-20)8-9-22(28-25)18-4-6-19(26)7-5-18/h4-14,27H,1-3H3,(H,29,30). The van der Waals surface area contributed by atoms with Crippen molar-refractivity contribution >= 4 is 15.9 Å². The lowest BCUT2D eigenvalue weighted by atomic mass is 10.1. The van der Waals surface area contributed by atoms with Crippen LogP contribution in [0, 0.1) is 26.6 Å². The number of aromatic nitrogens is 2. The SMILES string of the molecule is Cc1cc(C)c(Oc2nc(-c3ccc(F)cc3)ccc2C(=O)NS(=O)(=O)c2cc[nH]c2)c(C)c1. The number of nitrogens with zero attached hydrogens (tertiary/aromatic N) is 1. The van der Waals surface area contributed by atoms with Crippen LogP contribution < -0.4 is 9.46 Å². The predicted octanol–water partition coefficient (Wildman–Crippen LogP) is 5.05. The number of benzene rings is 2. The summed E-state index contributed by atoms with van der Waals surface area (Å²) in [5, 5.41) is 0. The van der Waals surface area contributed by atoms with Crippen molar-refractivity contribution in [1.82, 2.24) is 14.7 Å². The quantitative estimate of drug-likeness (QED) is 0.403. The molecule has 0 bridgehead atoms. The number of hydrogen-bond acceptors (Lipinski definition) is 5. The van der Waals surface area contributed by atoms with Gasteiger partial charge in [0, 0.05) is 18.0 Å². The van der Waals surface area contributed by atoms with Gasteiger partial charge in [0.15, 0.2) is 0 Å². The minimum atomic E-state index is -4.10. The molecule has 0 radical (unpaired) electrons. The molecule has 2 aromatic carbocycles. The third-order valence-electron chi connectivity index (χ3n) is 5.16. The summed E-state index contributed by atoms with van der Waals surface area (Å²) in [6, 6.07) is 13.9. The highest BCUT2D eigenvalue weighted by Gasteiger charge is 2.24. The van der Waals surface area contributed by atoms with Gasteiger partial charge in [-0.1, -0.05) is 17.7 Å². The molecule has 0 fully saturated rings. The fourth-order valence-corrected chi connectivity index (χ4v) is 4.55. The van der Waals surface area contributed by atoms with Gasteiger partial charge < -0.3 is 9.72 Å². The van der Waals surface area contributed by atoms with Gasteiger partial charge in [-0.25, -0.2) is 22.5 Å². The topological polar surface area (TPSA) is 101 Å². The first-order valence-electron chi connectivity index (χ1n) is 10.4. The molecule has 7 nitrogen and oxygen atoms in total. The van der Waals surface area contributed by atoms with Gasteiger partial charge in [0.2, 0.25) is 5.88 Å². The monoisotopic (exact) mass is 479 g/mol.